The second-order valence-electron chi connectivity index (χ2n) is 3.03. The second kappa shape index (κ2) is 4.38. The van der Waals surface area contributed by atoms with Crippen LogP contribution in [0.2, 0.25) is 5.02 Å². The van der Waals surface area contributed by atoms with Gasteiger partial charge in [-0.05, 0) is 31.5 Å². The maximum atomic E-state index is 5.93. The Labute approximate surface area is 83.6 Å². The van der Waals surface area contributed by atoms with Gasteiger partial charge < -0.3 is 10.5 Å². The van der Waals surface area contributed by atoms with E-state index in [1.165, 1.54) is 0 Å². The molecule has 3 heteroatoms. The van der Waals surface area contributed by atoms with Gasteiger partial charge in [0, 0.05) is 5.69 Å². The average Bonchev–Trinajstić information content (AvgIpc) is 2.09. The van der Waals surface area contributed by atoms with Crippen molar-refractivity contribution < 1.29 is 4.74 Å². The Balaban J connectivity index is 2.77. The van der Waals surface area contributed by atoms with Crippen LogP contribution < -0.4 is 10.5 Å². The average molecular weight is 200 g/mol. The number of ether oxygens (including phenoxy) is 1. The lowest BCUT2D eigenvalue weighted by atomic mass is 10.3. The van der Waals surface area contributed by atoms with Crippen LogP contribution in [0.1, 0.15) is 20.3 Å². The SMILES string of the molecule is CCC(C)Oc1ccc(N)cc1Cl. The molecule has 72 valence electrons. The fourth-order valence-corrected chi connectivity index (χ4v) is 1.15. The number of nitrogens with two attached hydrogens (primary N) is 1. The normalized spacial score (nSPS) is 12.5. The van der Waals surface area contributed by atoms with Crippen LogP contribution in [0.15, 0.2) is 18.2 Å². The number of hydrogen-bond donors (Lipinski definition) is 1. The Hall–Kier alpha value is -0.890. The largest absolute Gasteiger partial charge is 0.489 e. The van der Waals surface area contributed by atoms with Gasteiger partial charge >= 0.3 is 0 Å². The van der Waals surface area contributed by atoms with Gasteiger partial charge in [0.1, 0.15) is 5.75 Å². The molecule has 1 aromatic carbocycles. The Morgan fingerprint density at radius 1 is 1.54 bits per heavy atom. The molecule has 0 spiro atoms. The van der Waals surface area contributed by atoms with E-state index in [9.17, 15) is 0 Å². The summed E-state index contributed by atoms with van der Waals surface area (Å²) in [5.74, 6) is 0.699. The van der Waals surface area contributed by atoms with Gasteiger partial charge in [0.15, 0.2) is 0 Å². The highest BCUT2D eigenvalue weighted by atomic mass is 35.5. The van der Waals surface area contributed by atoms with Crippen molar-refractivity contribution in [1.82, 2.24) is 0 Å². The molecule has 1 unspecified atom stereocenters. The van der Waals surface area contributed by atoms with Crippen molar-refractivity contribution in [3.05, 3.63) is 23.2 Å². The van der Waals surface area contributed by atoms with Crippen LogP contribution in [-0.4, -0.2) is 6.10 Å². The molecule has 1 aromatic rings. The first-order valence-electron chi connectivity index (χ1n) is 4.35. The third-order valence-electron chi connectivity index (χ3n) is 1.86. The van der Waals surface area contributed by atoms with Gasteiger partial charge in [-0.15, -0.1) is 0 Å². The lowest BCUT2D eigenvalue weighted by Crippen LogP contribution is -2.09. The molecule has 0 aliphatic heterocycles. The molecule has 1 atom stereocenters. The van der Waals surface area contributed by atoms with Crippen molar-refractivity contribution in [2.75, 3.05) is 5.73 Å². The predicted molar refractivity (Wildman–Crippen MR) is 56.2 cm³/mol. The number of halogens is 1. The number of anilines is 1. The molecule has 0 radical (unpaired) electrons. The lowest BCUT2D eigenvalue weighted by molar-refractivity contribution is 0.217. The molecule has 0 amide bonds. The first kappa shape index (κ1) is 10.2. The van der Waals surface area contributed by atoms with Gasteiger partial charge in [0.05, 0.1) is 11.1 Å². The van der Waals surface area contributed by atoms with E-state index in [2.05, 4.69) is 6.92 Å². The summed E-state index contributed by atoms with van der Waals surface area (Å²) in [6.07, 6.45) is 1.14. The molecule has 0 saturated heterocycles. The maximum Gasteiger partial charge on any atom is 0.138 e. The van der Waals surface area contributed by atoms with E-state index in [4.69, 9.17) is 22.1 Å². The zero-order valence-electron chi connectivity index (χ0n) is 7.88. The van der Waals surface area contributed by atoms with E-state index in [1.807, 2.05) is 6.92 Å². The summed E-state index contributed by atoms with van der Waals surface area (Å²) >= 11 is 5.93. The van der Waals surface area contributed by atoms with Gasteiger partial charge in [-0.1, -0.05) is 18.5 Å². The number of hydrogen-bond acceptors (Lipinski definition) is 2. The minimum atomic E-state index is 0.182. The fourth-order valence-electron chi connectivity index (χ4n) is 0.913. The van der Waals surface area contributed by atoms with Gasteiger partial charge in [-0.2, -0.15) is 0 Å². The van der Waals surface area contributed by atoms with E-state index in [0.717, 1.165) is 6.42 Å². The van der Waals surface area contributed by atoms with Crippen molar-refractivity contribution in [2.24, 2.45) is 0 Å². The third kappa shape index (κ3) is 2.81. The fraction of sp³-hybridized carbons (Fsp3) is 0.400. The summed E-state index contributed by atoms with van der Waals surface area (Å²) in [5.41, 5.74) is 6.20. The molecule has 0 aromatic heterocycles. The van der Waals surface area contributed by atoms with Gasteiger partial charge in [-0.3, -0.25) is 0 Å². The summed E-state index contributed by atoms with van der Waals surface area (Å²) < 4.78 is 5.56. The van der Waals surface area contributed by atoms with Crippen LogP contribution in [0.25, 0.3) is 0 Å². The molecule has 1 rings (SSSR count). The third-order valence-corrected chi connectivity index (χ3v) is 2.15. The first-order chi connectivity index (χ1) is 6.13. The molecule has 0 fully saturated rings. The Morgan fingerprint density at radius 2 is 2.23 bits per heavy atom. The minimum absolute atomic E-state index is 0.182. The summed E-state index contributed by atoms with van der Waals surface area (Å²) in [6.45, 7) is 4.07. The van der Waals surface area contributed by atoms with Gasteiger partial charge in [-0.25, -0.2) is 0 Å². The zero-order valence-corrected chi connectivity index (χ0v) is 8.64. The van der Waals surface area contributed by atoms with Crippen molar-refractivity contribution >= 4 is 17.3 Å². The van der Waals surface area contributed by atoms with Crippen molar-refractivity contribution in [2.45, 2.75) is 26.4 Å². The van der Waals surface area contributed by atoms with E-state index in [0.29, 0.717) is 16.5 Å². The van der Waals surface area contributed by atoms with Gasteiger partial charge in [0.2, 0.25) is 0 Å². The van der Waals surface area contributed by atoms with Gasteiger partial charge in [0.25, 0.3) is 0 Å². The zero-order chi connectivity index (χ0) is 9.84. The smallest absolute Gasteiger partial charge is 0.138 e. The van der Waals surface area contributed by atoms with Crippen LogP contribution in [-0.2, 0) is 0 Å². The maximum absolute atomic E-state index is 5.93. The highest BCUT2D eigenvalue weighted by molar-refractivity contribution is 6.32. The van der Waals surface area contributed by atoms with E-state index >= 15 is 0 Å². The highest BCUT2D eigenvalue weighted by Crippen LogP contribution is 2.27. The van der Waals surface area contributed by atoms with Crippen LogP contribution >= 0.6 is 11.6 Å². The highest BCUT2D eigenvalue weighted by Gasteiger charge is 2.05. The topological polar surface area (TPSA) is 35.2 Å². The van der Waals surface area contributed by atoms with Crippen molar-refractivity contribution in [3.8, 4) is 5.75 Å². The van der Waals surface area contributed by atoms with E-state index in [-0.39, 0.29) is 6.10 Å². The Morgan fingerprint density at radius 3 is 2.77 bits per heavy atom. The summed E-state index contributed by atoms with van der Waals surface area (Å²) in [4.78, 5) is 0. The van der Waals surface area contributed by atoms with Crippen LogP contribution in [0, 0.1) is 0 Å². The number of benzene rings is 1. The first-order valence-corrected chi connectivity index (χ1v) is 4.73. The molecular weight excluding hydrogens is 186 g/mol. The van der Waals surface area contributed by atoms with Crippen LogP contribution in [0.4, 0.5) is 5.69 Å². The standard InChI is InChI=1S/C10H14ClNO/c1-3-7(2)13-10-5-4-8(12)6-9(10)11/h4-7H,3,12H2,1-2H3. The quantitative estimate of drug-likeness (QED) is 0.760. The van der Waals surface area contributed by atoms with Crippen molar-refractivity contribution in [1.29, 1.82) is 0 Å². The number of nitrogen functional groups attached to an aromatic ring is 1. The van der Waals surface area contributed by atoms with Crippen LogP contribution in [0.3, 0.4) is 0 Å². The molecule has 0 bridgehead atoms. The summed E-state index contributed by atoms with van der Waals surface area (Å²) in [5, 5.41) is 0.570. The molecule has 0 aliphatic carbocycles. The molecule has 2 nitrogen and oxygen atoms in total. The van der Waals surface area contributed by atoms with Crippen molar-refractivity contribution in [3.63, 3.8) is 0 Å². The molecule has 0 heterocycles. The molecule has 0 saturated carbocycles. The molecule has 0 aliphatic rings. The minimum Gasteiger partial charge on any atom is -0.489 e. The predicted octanol–water partition coefficient (Wildman–Crippen LogP) is 3.10. The lowest BCUT2D eigenvalue weighted by Gasteiger charge is -2.13. The van der Waals surface area contributed by atoms with E-state index in [1.54, 1.807) is 18.2 Å². The monoisotopic (exact) mass is 199 g/mol. The summed E-state index contributed by atoms with van der Waals surface area (Å²) in [7, 11) is 0. The van der Waals surface area contributed by atoms with Crippen LogP contribution in [0.5, 0.6) is 5.75 Å². The molecular formula is C10H14ClNO. The molecule has 13 heavy (non-hydrogen) atoms. The number of rotatable bonds is 3. The Kier molecular flexibility index (Phi) is 3.43. The van der Waals surface area contributed by atoms with E-state index < -0.39 is 0 Å². The second-order valence-corrected chi connectivity index (χ2v) is 3.43. The molecule has 2 N–H and O–H groups in total. The summed E-state index contributed by atoms with van der Waals surface area (Å²) in [6, 6.07) is 5.27. The Bertz CT molecular complexity index is 288.